The molecule has 0 unspecified atom stereocenters. The van der Waals surface area contributed by atoms with Crippen LogP contribution in [0.15, 0.2) is 47.2 Å². The van der Waals surface area contributed by atoms with Gasteiger partial charge in [-0.15, -0.1) is 0 Å². The number of hydrogen-bond acceptors (Lipinski definition) is 2. The third-order valence-electron chi connectivity index (χ3n) is 3.16. The molecule has 0 atom stereocenters. The first-order valence-corrected chi connectivity index (χ1v) is 6.17. The second-order valence-electron chi connectivity index (χ2n) is 4.15. The van der Waals surface area contributed by atoms with Gasteiger partial charge in [0.25, 0.3) is 0 Å². The molecule has 1 heterocycles. The molecule has 0 spiro atoms. The normalized spacial score (nSPS) is 11.8. The van der Waals surface area contributed by atoms with Crippen LogP contribution in [0.4, 0.5) is 0 Å². The summed E-state index contributed by atoms with van der Waals surface area (Å²) in [7, 11) is 0. The Morgan fingerprint density at radius 3 is 1.94 bits per heavy atom. The molecule has 3 aromatic carbocycles. The first-order valence-electron chi connectivity index (χ1n) is 5.38. The number of benzene rings is 3. The van der Waals surface area contributed by atoms with Gasteiger partial charge in [-0.2, -0.15) is 0 Å². The van der Waals surface area contributed by atoms with Gasteiger partial charge < -0.3 is 0 Å². The number of aromatic nitrogens is 2. The Kier molecular flexibility index (Phi) is 1.72. The molecule has 0 radical (unpaired) electrons. The number of nitrogens with zero attached hydrogens (tertiary/aromatic N) is 2. The summed E-state index contributed by atoms with van der Waals surface area (Å²) in [6.45, 7) is 0. The largest absolute Gasteiger partial charge is 0.236 e. The van der Waals surface area contributed by atoms with Crippen molar-refractivity contribution in [2.24, 2.45) is 0 Å². The molecule has 3 heteroatoms. The maximum absolute atomic E-state index is 4.33. The molecule has 0 aliphatic carbocycles. The Balaban J connectivity index is 2.45. The Morgan fingerprint density at radius 1 is 0.765 bits per heavy atom. The molecule has 0 aliphatic heterocycles. The van der Waals surface area contributed by atoms with E-state index in [9.17, 15) is 0 Å². The maximum atomic E-state index is 4.33. The smallest absolute Gasteiger partial charge is 0.116 e. The van der Waals surface area contributed by atoms with Crippen LogP contribution >= 0.6 is 15.9 Å². The van der Waals surface area contributed by atoms with Gasteiger partial charge in [-0.05, 0) is 35.0 Å². The number of rotatable bonds is 0. The van der Waals surface area contributed by atoms with Crippen molar-refractivity contribution in [3.8, 4) is 0 Å². The summed E-state index contributed by atoms with van der Waals surface area (Å²) in [5.41, 5.74) is 2.02. The zero-order valence-corrected chi connectivity index (χ0v) is 10.4. The van der Waals surface area contributed by atoms with Gasteiger partial charge in [0.2, 0.25) is 0 Å². The first kappa shape index (κ1) is 9.31. The van der Waals surface area contributed by atoms with E-state index in [1.807, 2.05) is 0 Å². The Morgan fingerprint density at radius 2 is 1.35 bits per heavy atom. The third-order valence-corrected chi connectivity index (χ3v) is 3.62. The highest BCUT2D eigenvalue weighted by molar-refractivity contribution is 9.10. The van der Waals surface area contributed by atoms with E-state index in [-0.39, 0.29) is 0 Å². The van der Waals surface area contributed by atoms with E-state index in [0.717, 1.165) is 20.9 Å². The second kappa shape index (κ2) is 3.14. The van der Waals surface area contributed by atoms with Crippen LogP contribution in [0.5, 0.6) is 0 Å². The zero-order valence-electron chi connectivity index (χ0n) is 8.81. The van der Waals surface area contributed by atoms with Crippen LogP contribution in [0.25, 0.3) is 32.6 Å². The highest BCUT2D eigenvalue weighted by atomic mass is 79.9. The first-order chi connectivity index (χ1) is 8.33. The van der Waals surface area contributed by atoms with Crippen molar-refractivity contribution in [2.75, 3.05) is 0 Å². The standard InChI is InChI=1S/C14H7BrN2/c15-10-5-8-1-3-11-14-12(17-7-16-11)4-2-9(6-10)13(8)14/h1-7H. The fourth-order valence-electron chi connectivity index (χ4n) is 2.46. The van der Waals surface area contributed by atoms with E-state index in [1.54, 1.807) is 6.33 Å². The molecule has 0 fully saturated rings. The summed E-state index contributed by atoms with van der Waals surface area (Å²) in [6.07, 6.45) is 1.62. The summed E-state index contributed by atoms with van der Waals surface area (Å²) in [4.78, 5) is 8.67. The fraction of sp³-hybridized carbons (Fsp3) is 0. The lowest BCUT2D eigenvalue weighted by Gasteiger charge is -2.09. The van der Waals surface area contributed by atoms with Gasteiger partial charge >= 0.3 is 0 Å². The lowest BCUT2D eigenvalue weighted by Crippen LogP contribution is -1.88. The number of hydrogen-bond donors (Lipinski definition) is 0. The van der Waals surface area contributed by atoms with Crippen molar-refractivity contribution in [2.45, 2.75) is 0 Å². The van der Waals surface area contributed by atoms with Crippen LogP contribution in [-0.4, -0.2) is 9.97 Å². The number of halogens is 1. The quantitative estimate of drug-likeness (QED) is 0.453. The Bertz CT molecular complexity index is 791. The van der Waals surface area contributed by atoms with Crippen molar-refractivity contribution in [3.05, 3.63) is 47.2 Å². The highest BCUT2D eigenvalue weighted by Crippen LogP contribution is 2.34. The highest BCUT2D eigenvalue weighted by Gasteiger charge is 2.09. The Labute approximate surface area is 106 Å². The van der Waals surface area contributed by atoms with Crippen LogP contribution in [0, 0.1) is 0 Å². The van der Waals surface area contributed by atoms with Crippen molar-refractivity contribution < 1.29 is 0 Å². The van der Waals surface area contributed by atoms with Crippen LogP contribution in [0.1, 0.15) is 0 Å². The summed E-state index contributed by atoms with van der Waals surface area (Å²) in [6, 6.07) is 12.6. The summed E-state index contributed by atoms with van der Waals surface area (Å²) >= 11 is 3.54. The third kappa shape index (κ3) is 1.20. The second-order valence-corrected chi connectivity index (χ2v) is 5.06. The van der Waals surface area contributed by atoms with E-state index < -0.39 is 0 Å². The molecule has 0 saturated heterocycles. The summed E-state index contributed by atoms with van der Waals surface area (Å²) in [5.74, 6) is 0. The molecule has 1 aromatic heterocycles. The van der Waals surface area contributed by atoms with Gasteiger partial charge in [-0.1, -0.05) is 28.1 Å². The molecule has 0 saturated carbocycles. The lowest BCUT2D eigenvalue weighted by molar-refractivity contribution is 1.26. The minimum atomic E-state index is 1.01. The Hall–Kier alpha value is -1.74. The van der Waals surface area contributed by atoms with E-state index >= 15 is 0 Å². The van der Waals surface area contributed by atoms with Crippen molar-refractivity contribution in [3.63, 3.8) is 0 Å². The van der Waals surface area contributed by atoms with E-state index in [1.165, 1.54) is 16.2 Å². The van der Waals surface area contributed by atoms with E-state index in [0.29, 0.717) is 0 Å². The molecular weight excluding hydrogens is 276 g/mol. The van der Waals surface area contributed by atoms with Gasteiger partial charge in [-0.3, -0.25) is 0 Å². The summed E-state index contributed by atoms with van der Waals surface area (Å²) in [5, 5.41) is 4.86. The molecule has 0 N–H and O–H groups in total. The SMILES string of the molecule is Brc1cc2ccc3ncnc4ccc(c1)c2c34. The predicted molar refractivity (Wildman–Crippen MR) is 73.4 cm³/mol. The fourth-order valence-corrected chi connectivity index (χ4v) is 2.95. The van der Waals surface area contributed by atoms with Gasteiger partial charge in [0, 0.05) is 15.2 Å². The van der Waals surface area contributed by atoms with Crippen LogP contribution in [-0.2, 0) is 0 Å². The molecule has 4 aromatic rings. The molecular formula is C14H7BrN2. The molecule has 17 heavy (non-hydrogen) atoms. The van der Waals surface area contributed by atoms with Gasteiger partial charge in [0.05, 0.1) is 11.0 Å². The van der Waals surface area contributed by atoms with E-state index in [4.69, 9.17) is 0 Å². The average Bonchev–Trinajstić information content (AvgIpc) is 2.35. The molecule has 0 amide bonds. The van der Waals surface area contributed by atoms with Crippen molar-refractivity contribution in [1.29, 1.82) is 0 Å². The van der Waals surface area contributed by atoms with E-state index in [2.05, 4.69) is 62.3 Å². The van der Waals surface area contributed by atoms with Crippen molar-refractivity contribution >= 4 is 48.5 Å². The molecule has 0 bridgehead atoms. The monoisotopic (exact) mass is 282 g/mol. The molecule has 2 nitrogen and oxygen atoms in total. The maximum Gasteiger partial charge on any atom is 0.116 e. The topological polar surface area (TPSA) is 25.8 Å². The van der Waals surface area contributed by atoms with Gasteiger partial charge in [0.15, 0.2) is 0 Å². The minimum absolute atomic E-state index is 1.01. The van der Waals surface area contributed by atoms with Crippen LogP contribution < -0.4 is 0 Å². The molecule has 0 aliphatic rings. The molecule has 80 valence electrons. The summed E-state index contributed by atoms with van der Waals surface area (Å²) < 4.78 is 1.10. The molecule has 4 rings (SSSR count). The van der Waals surface area contributed by atoms with Crippen LogP contribution in [0.3, 0.4) is 0 Å². The minimum Gasteiger partial charge on any atom is -0.236 e. The van der Waals surface area contributed by atoms with Crippen molar-refractivity contribution in [1.82, 2.24) is 9.97 Å². The lowest BCUT2D eigenvalue weighted by atomic mass is 9.99. The average molecular weight is 283 g/mol. The van der Waals surface area contributed by atoms with Gasteiger partial charge in [0.1, 0.15) is 6.33 Å². The van der Waals surface area contributed by atoms with Gasteiger partial charge in [-0.25, -0.2) is 9.97 Å². The van der Waals surface area contributed by atoms with Crippen LogP contribution in [0.2, 0.25) is 0 Å². The zero-order chi connectivity index (χ0) is 11.4. The predicted octanol–water partition coefficient (Wildman–Crippen LogP) is 4.14.